The van der Waals surface area contributed by atoms with Crippen LogP contribution in [0.4, 0.5) is 5.69 Å². The highest BCUT2D eigenvalue weighted by molar-refractivity contribution is 6.03. The molecule has 0 spiro atoms. The predicted octanol–water partition coefficient (Wildman–Crippen LogP) is 1.47. The van der Waals surface area contributed by atoms with Gasteiger partial charge in [-0.2, -0.15) is 0 Å². The van der Waals surface area contributed by atoms with Crippen LogP contribution in [0.5, 0.6) is 0 Å². The van der Waals surface area contributed by atoms with Crippen molar-refractivity contribution in [1.29, 1.82) is 0 Å². The second-order valence-corrected chi connectivity index (χ2v) is 4.47. The van der Waals surface area contributed by atoms with Crippen LogP contribution in [0.15, 0.2) is 24.3 Å². The molecule has 5 nitrogen and oxygen atoms in total. The lowest BCUT2D eigenvalue weighted by atomic mass is 10.1. The van der Waals surface area contributed by atoms with Crippen LogP contribution in [0.2, 0.25) is 0 Å². The molecular formula is C14H17NO4. The van der Waals surface area contributed by atoms with Gasteiger partial charge in [-0.1, -0.05) is 12.1 Å². The first-order chi connectivity index (χ1) is 9.15. The first kappa shape index (κ1) is 13.5. The summed E-state index contributed by atoms with van der Waals surface area (Å²) in [5.74, 6) is -0.609. The van der Waals surface area contributed by atoms with Crippen molar-refractivity contribution >= 4 is 17.6 Å². The Labute approximate surface area is 112 Å². The topological polar surface area (TPSA) is 55.8 Å². The van der Waals surface area contributed by atoms with E-state index in [4.69, 9.17) is 9.47 Å². The Morgan fingerprint density at radius 3 is 2.74 bits per heavy atom. The molecular weight excluding hydrogens is 246 g/mol. The van der Waals surface area contributed by atoms with Crippen molar-refractivity contribution in [2.75, 3.05) is 32.3 Å². The van der Waals surface area contributed by atoms with E-state index in [-0.39, 0.29) is 11.8 Å². The summed E-state index contributed by atoms with van der Waals surface area (Å²) in [6.07, 6.45) is 0.726. The number of rotatable bonds is 3. The van der Waals surface area contributed by atoms with Gasteiger partial charge < -0.3 is 14.4 Å². The summed E-state index contributed by atoms with van der Waals surface area (Å²) in [5, 5.41) is 0. The number of carbonyl (C=O) groups is 2. The van der Waals surface area contributed by atoms with Gasteiger partial charge in [-0.3, -0.25) is 4.79 Å². The van der Waals surface area contributed by atoms with Crippen LogP contribution in [-0.2, 0) is 14.3 Å². The van der Waals surface area contributed by atoms with Gasteiger partial charge in [0.25, 0.3) is 0 Å². The molecule has 5 heteroatoms. The fourth-order valence-corrected chi connectivity index (χ4v) is 2.17. The minimum absolute atomic E-state index is 0.0335. The summed E-state index contributed by atoms with van der Waals surface area (Å²) in [7, 11) is 2.99. The fourth-order valence-electron chi connectivity index (χ4n) is 2.17. The Kier molecular flexibility index (Phi) is 4.16. The third-order valence-electron chi connectivity index (χ3n) is 3.28. The van der Waals surface area contributed by atoms with Gasteiger partial charge in [-0.25, -0.2) is 4.79 Å². The van der Waals surface area contributed by atoms with Crippen LogP contribution < -0.4 is 4.90 Å². The third-order valence-corrected chi connectivity index (χ3v) is 3.28. The summed E-state index contributed by atoms with van der Waals surface area (Å²) in [4.78, 5) is 25.5. The molecule has 0 saturated carbocycles. The maximum absolute atomic E-state index is 12.3. The molecule has 0 radical (unpaired) electrons. The average Bonchev–Trinajstić information content (AvgIpc) is 2.99. The minimum Gasteiger partial charge on any atom is -0.465 e. The molecule has 1 atom stereocenters. The lowest BCUT2D eigenvalue weighted by Gasteiger charge is -2.22. The molecule has 2 rings (SSSR count). The van der Waals surface area contributed by atoms with E-state index in [2.05, 4.69) is 0 Å². The highest BCUT2D eigenvalue weighted by Gasteiger charge is 2.28. The number of nitrogens with zero attached hydrogens (tertiary/aromatic N) is 1. The molecule has 1 aromatic carbocycles. The predicted molar refractivity (Wildman–Crippen MR) is 70.1 cm³/mol. The molecule has 1 fully saturated rings. The first-order valence-corrected chi connectivity index (χ1v) is 6.17. The van der Waals surface area contributed by atoms with Crippen LogP contribution in [-0.4, -0.2) is 39.2 Å². The van der Waals surface area contributed by atoms with Crippen molar-refractivity contribution in [2.24, 2.45) is 5.92 Å². The zero-order valence-electron chi connectivity index (χ0n) is 11.1. The molecule has 0 N–H and O–H groups in total. The van der Waals surface area contributed by atoms with Crippen molar-refractivity contribution in [3.8, 4) is 0 Å². The van der Waals surface area contributed by atoms with Gasteiger partial charge in [0.2, 0.25) is 5.91 Å². The number of methoxy groups -OCH3 is 1. The quantitative estimate of drug-likeness (QED) is 0.775. The number of benzene rings is 1. The van der Waals surface area contributed by atoms with E-state index < -0.39 is 5.97 Å². The van der Waals surface area contributed by atoms with E-state index >= 15 is 0 Å². The molecule has 1 saturated heterocycles. The number of amides is 1. The van der Waals surface area contributed by atoms with Crippen molar-refractivity contribution < 1.29 is 19.1 Å². The molecule has 0 aliphatic carbocycles. The van der Waals surface area contributed by atoms with Crippen LogP contribution >= 0.6 is 0 Å². The second-order valence-electron chi connectivity index (χ2n) is 4.47. The van der Waals surface area contributed by atoms with Gasteiger partial charge >= 0.3 is 5.97 Å². The van der Waals surface area contributed by atoms with Gasteiger partial charge in [0.05, 0.1) is 30.9 Å². The number of carbonyl (C=O) groups excluding carboxylic acids is 2. The number of hydrogen-bond acceptors (Lipinski definition) is 4. The lowest BCUT2D eigenvalue weighted by molar-refractivity contribution is -0.122. The molecule has 1 heterocycles. The second kappa shape index (κ2) is 5.84. The highest BCUT2D eigenvalue weighted by atomic mass is 16.5. The standard InChI is InChI=1S/C14H17NO4/c1-15(13(16)10-7-8-19-9-10)12-6-4-3-5-11(12)14(17)18-2/h3-6,10H,7-9H2,1-2H3. The van der Waals surface area contributed by atoms with Gasteiger partial charge in [-0.15, -0.1) is 0 Å². The molecule has 1 aromatic rings. The summed E-state index contributed by atoms with van der Waals surface area (Å²) >= 11 is 0. The monoisotopic (exact) mass is 263 g/mol. The van der Waals surface area contributed by atoms with E-state index in [1.807, 2.05) is 0 Å². The average molecular weight is 263 g/mol. The van der Waals surface area contributed by atoms with Crippen molar-refractivity contribution in [2.45, 2.75) is 6.42 Å². The largest absolute Gasteiger partial charge is 0.465 e. The Morgan fingerprint density at radius 1 is 1.37 bits per heavy atom. The summed E-state index contributed by atoms with van der Waals surface area (Å²) in [5.41, 5.74) is 0.950. The maximum atomic E-state index is 12.3. The molecule has 0 aromatic heterocycles. The summed E-state index contributed by atoms with van der Waals surface area (Å²) in [6, 6.07) is 6.92. The van der Waals surface area contributed by atoms with Crippen molar-refractivity contribution in [3.05, 3.63) is 29.8 Å². The molecule has 102 valence electrons. The van der Waals surface area contributed by atoms with Crippen LogP contribution in [0, 0.1) is 5.92 Å². The highest BCUT2D eigenvalue weighted by Crippen LogP contribution is 2.24. The Bertz CT molecular complexity index is 480. The smallest absolute Gasteiger partial charge is 0.339 e. The maximum Gasteiger partial charge on any atom is 0.339 e. The fraction of sp³-hybridized carbons (Fsp3) is 0.429. The molecule has 1 unspecified atom stereocenters. The normalized spacial score (nSPS) is 18.1. The van der Waals surface area contributed by atoms with Gasteiger partial charge in [-0.05, 0) is 18.6 Å². The molecule has 19 heavy (non-hydrogen) atoms. The van der Waals surface area contributed by atoms with Crippen LogP contribution in [0.25, 0.3) is 0 Å². The van der Waals surface area contributed by atoms with Crippen molar-refractivity contribution in [1.82, 2.24) is 0 Å². The lowest BCUT2D eigenvalue weighted by Crippen LogP contribution is -2.34. The van der Waals surface area contributed by atoms with Crippen LogP contribution in [0.1, 0.15) is 16.8 Å². The minimum atomic E-state index is -0.446. The first-order valence-electron chi connectivity index (χ1n) is 6.17. The third kappa shape index (κ3) is 2.76. The number of esters is 1. The molecule has 1 amide bonds. The zero-order valence-corrected chi connectivity index (χ0v) is 11.1. The number of anilines is 1. The van der Waals surface area contributed by atoms with Gasteiger partial charge in [0.1, 0.15) is 0 Å². The number of hydrogen-bond donors (Lipinski definition) is 0. The molecule has 1 aliphatic heterocycles. The Morgan fingerprint density at radius 2 is 2.11 bits per heavy atom. The van der Waals surface area contributed by atoms with Gasteiger partial charge in [0, 0.05) is 13.7 Å². The number of para-hydroxylation sites is 1. The zero-order chi connectivity index (χ0) is 13.8. The molecule has 0 bridgehead atoms. The van der Waals surface area contributed by atoms with Gasteiger partial charge in [0.15, 0.2) is 0 Å². The number of ether oxygens (including phenoxy) is 2. The van der Waals surface area contributed by atoms with Crippen LogP contribution in [0.3, 0.4) is 0 Å². The van der Waals surface area contributed by atoms with E-state index in [0.29, 0.717) is 24.5 Å². The van der Waals surface area contributed by atoms with E-state index in [1.165, 1.54) is 12.0 Å². The summed E-state index contributed by atoms with van der Waals surface area (Å²) in [6.45, 7) is 1.06. The Balaban J connectivity index is 2.25. The molecule has 1 aliphatic rings. The van der Waals surface area contributed by atoms with E-state index in [9.17, 15) is 9.59 Å². The summed E-state index contributed by atoms with van der Waals surface area (Å²) < 4.78 is 9.95. The van der Waals surface area contributed by atoms with E-state index in [1.54, 1.807) is 31.3 Å². The Hall–Kier alpha value is -1.88. The van der Waals surface area contributed by atoms with Crippen molar-refractivity contribution in [3.63, 3.8) is 0 Å². The SMILES string of the molecule is COC(=O)c1ccccc1N(C)C(=O)C1CCOC1. The van der Waals surface area contributed by atoms with E-state index in [0.717, 1.165) is 6.42 Å².